The van der Waals surface area contributed by atoms with Crippen LogP contribution in [0.1, 0.15) is 25.0 Å². The number of amides is 1. The van der Waals surface area contributed by atoms with Crippen LogP contribution in [0.2, 0.25) is 0 Å². The van der Waals surface area contributed by atoms with Crippen LogP contribution in [-0.2, 0) is 20.0 Å². The van der Waals surface area contributed by atoms with E-state index in [0.29, 0.717) is 11.3 Å². The highest BCUT2D eigenvalue weighted by Gasteiger charge is 2.30. The number of hydrogen-bond acceptors (Lipinski definition) is 5. The molecule has 0 aliphatic heterocycles. The second-order valence-electron chi connectivity index (χ2n) is 6.60. The summed E-state index contributed by atoms with van der Waals surface area (Å²) in [5.41, 5.74) is 0.839. The van der Waals surface area contributed by atoms with E-state index >= 15 is 0 Å². The van der Waals surface area contributed by atoms with E-state index in [1.54, 1.807) is 44.2 Å². The summed E-state index contributed by atoms with van der Waals surface area (Å²) >= 11 is 0. The summed E-state index contributed by atoms with van der Waals surface area (Å²) in [6, 6.07) is 12.5. The van der Waals surface area contributed by atoms with E-state index in [4.69, 9.17) is 5.26 Å². The van der Waals surface area contributed by atoms with E-state index in [0.717, 1.165) is 17.0 Å². The number of sulfone groups is 1. The molecule has 0 aliphatic rings. The van der Waals surface area contributed by atoms with Gasteiger partial charge in [0.05, 0.1) is 22.1 Å². The van der Waals surface area contributed by atoms with Gasteiger partial charge in [0.1, 0.15) is 5.75 Å². The Hall–Kier alpha value is -3.11. The lowest BCUT2D eigenvalue weighted by Crippen LogP contribution is -2.34. The summed E-state index contributed by atoms with van der Waals surface area (Å²) in [7, 11) is -3.70. The number of benzene rings is 2. The zero-order chi connectivity index (χ0) is 20.2. The predicted octanol–water partition coefficient (Wildman–Crippen LogP) is 3.43. The van der Waals surface area contributed by atoms with Gasteiger partial charge in [-0.25, -0.2) is 8.42 Å². The summed E-state index contributed by atoms with van der Waals surface area (Å²) in [5, 5.41) is 21.9. The summed E-state index contributed by atoms with van der Waals surface area (Å²) in [5.74, 6) is -0.376. The molecule has 0 radical (unpaired) electrons. The van der Waals surface area contributed by atoms with E-state index in [1.165, 1.54) is 18.2 Å². The van der Waals surface area contributed by atoms with Crippen molar-refractivity contribution >= 4 is 21.4 Å². The minimum absolute atomic E-state index is 0.0320. The van der Waals surface area contributed by atoms with Gasteiger partial charge in [0.2, 0.25) is 15.7 Å². The fraction of sp³-hybridized carbons (Fsp3) is 0.200. The lowest BCUT2D eigenvalue weighted by molar-refractivity contribution is -0.120. The van der Waals surface area contributed by atoms with Crippen LogP contribution >= 0.6 is 0 Å². The van der Waals surface area contributed by atoms with Gasteiger partial charge in [0.15, 0.2) is 0 Å². The predicted molar refractivity (Wildman–Crippen MR) is 103 cm³/mol. The highest BCUT2D eigenvalue weighted by Crippen LogP contribution is 2.29. The number of aryl methyl sites for hydroxylation is 1. The number of allylic oxidation sites excluding steroid dienone is 1. The Morgan fingerprint density at radius 3 is 2.41 bits per heavy atom. The summed E-state index contributed by atoms with van der Waals surface area (Å²) in [6.45, 7) is 5.25. The number of nitriles is 1. The second-order valence-corrected chi connectivity index (χ2v) is 8.43. The molecule has 0 bridgehead atoms. The molecule has 0 heterocycles. The number of aromatic hydroxyl groups is 1. The first-order valence-electron chi connectivity index (χ1n) is 8.11. The average Bonchev–Trinajstić information content (AvgIpc) is 2.63. The molecule has 0 saturated carbocycles. The average molecular weight is 384 g/mol. The van der Waals surface area contributed by atoms with Crippen LogP contribution < -0.4 is 5.32 Å². The maximum Gasteiger partial charge on any atom is 0.234 e. The first-order chi connectivity index (χ1) is 12.6. The van der Waals surface area contributed by atoms with Crippen LogP contribution in [0.4, 0.5) is 5.69 Å². The van der Waals surface area contributed by atoms with Gasteiger partial charge in [-0.3, -0.25) is 4.79 Å². The number of carbonyl (C=O) groups excluding carboxylic acids is 1. The Morgan fingerprint density at radius 1 is 1.19 bits per heavy atom. The molecular weight excluding hydrogens is 364 g/mol. The lowest BCUT2D eigenvalue weighted by Gasteiger charge is -2.24. The molecule has 27 heavy (non-hydrogen) atoms. The minimum Gasteiger partial charge on any atom is -0.506 e. The molecule has 0 atom stereocenters. The van der Waals surface area contributed by atoms with Crippen LogP contribution in [0, 0.1) is 18.3 Å². The van der Waals surface area contributed by atoms with E-state index in [-0.39, 0.29) is 16.6 Å². The van der Waals surface area contributed by atoms with E-state index in [2.05, 4.69) is 5.32 Å². The quantitative estimate of drug-likeness (QED) is 0.607. The van der Waals surface area contributed by atoms with E-state index in [9.17, 15) is 18.3 Å². The first kappa shape index (κ1) is 20.2. The van der Waals surface area contributed by atoms with Crippen molar-refractivity contribution in [3.63, 3.8) is 0 Å². The Labute approximate surface area is 158 Å². The van der Waals surface area contributed by atoms with Gasteiger partial charge in [-0.1, -0.05) is 18.2 Å². The number of hydrogen-bond donors (Lipinski definition) is 2. The Morgan fingerprint density at radius 2 is 1.81 bits per heavy atom. The highest BCUT2D eigenvalue weighted by molar-refractivity contribution is 7.94. The van der Waals surface area contributed by atoms with Crippen molar-refractivity contribution in [2.75, 3.05) is 5.32 Å². The van der Waals surface area contributed by atoms with E-state index < -0.39 is 15.3 Å². The molecule has 0 aliphatic carbocycles. The van der Waals surface area contributed by atoms with Gasteiger partial charge in [-0.05, 0) is 56.2 Å². The molecule has 0 aromatic heterocycles. The lowest BCUT2D eigenvalue weighted by atomic mass is 9.83. The summed E-state index contributed by atoms with van der Waals surface area (Å²) < 4.78 is 24.1. The maximum absolute atomic E-state index is 12.7. The maximum atomic E-state index is 12.7. The molecule has 2 aromatic carbocycles. The zero-order valence-corrected chi connectivity index (χ0v) is 16.0. The van der Waals surface area contributed by atoms with Gasteiger partial charge < -0.3 is 10.4 Å². The van der Waals surface area contributed by atoms with Crippen molar-refractivity contribution in [2.45, 2.75) is 31.1 Å². The molecule has 7 heteroatoms. The van der Waals surface area contributed by atoms with Crippen molar-refractivity contribution < 1.29 is 18.3 Å². The van der Waals surface area contributed by atoms with Gasteiger partial charge >= 0.3 is 0 Å². The molecule has 140 valence electrons. The van der Waals surface area contributed by atoms with Crippen LogP contribution in [-0.4, -0.2) is 19.4 Å². The zero-order valence-electron chi connectivity index (χ0n) is 15.2. The smallest absolute Gasteiger partial charge is 0.234 e. The molecule has 2 rings (SSSR count). The molecule has 2 N–H and O–H groups in total. The number of anilines is 1. The molecule has 0 unspecified atom stereocenters. The van der Waals surface area contributed by atoms with E-state index in [1.807, 2.05) is 6.92 Å². The van der Waals surface area contributed by atoms with Crippen molar-refractivity contribution in [3.05, 3.63) is 65.1 Å². The van der Waals surface area contributed by atoms with Gasteiger partial charge in [-0.2, -0.15) is 5.26 Å². The molecule has 0 spiro atoms. The highest BCUT2D eigenvalue weighted by atomic mass is 32.2. The molecular formula is C20H20N2O4S. The SMILES string of the molecule is Cc1ccc(O)c(NC(=O)C(C)(C)c2ccc(S(=O)(=O)C=CC#N)cc2)c1. The largest absolute Gasteiger partial charge is 0.506 e. The fourth-order valence-electron chi connectivity index (χ4n) is 2.42. The third-order valence-electron chi connectivity index (χ3n) is 4.19. The molecule has 6 nitrogen and oxygen atoms in total. The van der Waals surface area contributed by atoms with Crippen molar-refractivity contribution in [1.29, 1.82) is 5.26 Å². The fourth-order valence-corrected chi connectivity index (χ4v) is 3.33. The Balaban J connectivity index is 2.28. The standard InChI is InChI=1S/C20H20N2O4S/c1-14-5-10-18(23)17(13-14)22-19(24)20(2,3)15-6-8-16(9-7-15)27(25,26)12-4-11-21/h4-10,12-13,23H,1-3H3,(H,22,24). The topological polar surface area (TPSA) is 107 Å². The Bertz CT molecular complexity index is 1030. The minimum atomic E-state index is -3.70. The van der Waals surface area contributed by atoms with Crippen LogP contribution in [0.5, 0.6) is 5.75 Å². The van der Waals surface area contributed by atoms with Crippen molar-refractivity contribution in [2.24, 2.45) is 0 Å². The van der Waals surface area contributed by atoms with Crippen LogP contribution in [0.25, 0.3) is 0 Å². The summed E-state index contributed by atoms with van der Waals surface area (Å²) in [4.78, 5) is 12.8. The third-order valence-corrected chi connectivity index (χ3v) is 5.62. The normalized spacial score (nSPS) is 11.9. The van der Waals surface area contributed by atoms with Crippen molar-refractivity contribution in [1.82, 2.24) is 0 Å². The number of phenolic OH excluding ortho intramolecular Hbond substituents is 1. The first-order valence-corrected chi connectivity index (χ1v) is 9.65. The van der Waals surface area contributed by atoms with Crippen LogP contribution in [0.3, 0.4) is 0 Å². The molecule has 0 fully saturated rings. The number of nitrogens with one attached hydrogen (secondary N) is 1. The molecule has 2 aromatic rings. The third kappa shape index (κ3) is 4.54. The van der Waals surface area contributed by atoms with Gasteiger partial charge in [-0.15, -0.1) is 0 Å². The number of carbonyl (C=O) groups is 1. The summed E-state index contributed by atoms with van der Waals surface area (Å²) in [6.07, 6.45) is 0.898. The second kappa shape index (κ2) is 7.64. The van der Waals surface area contributed by atoms with Gasteiger partial charge in [0, 0.05) is 11.5 Å². The van der Waals surface area contributed by atoms with Gasteiger partial charge in [0.25, 0.3) is 0 Å². The molecule has 0 saturated heterocycles. The number of rotatable bonds is 5. The Kier molecular flexibility index (Phi) is 5.72. The number of nitrogens with zero attached hydrogens (tertiary/aromatic N) is 1. The monoisotopic (exact) mass is 384 g/mol. The van der Waals surface area contributed by atoms with Crippen LogP contribution in [0.15, 0.2) is 58.8 Å². The molecule has 1 amide bonds. The number of phenols is 1. The van der Waals surface area contributed by atoms with Crippen molar-refractivity contribution in [3.8, 4) is 11.8 Å².